The van der Waals surface area contributed by atoms with Crippen LogP contribution < -0.4 is 21.3 Å². The van der Waals surface area contributed by atoms with Gasteiger partial charge in [0.1, 0.15) is 5.75 Å². The third kappa shape index (κ3) is 3.99. The molecule has 1 aromatic carbocycles. The maximum absolute atomic E-state index is 11.6. The minimum atomic E-state index is -0.452. The van der Waals surface area contributed by atoms with Gasteiger partial charge in [0.05, 0.1) is 4.88 Å². The zero-order chi connectivity index (χ0) is 14.4. The van der Waals surface area contributed by atoms with Crippen LogP contribution in [0.2, 0.25) is 0 Å². The minimum absolute atomic E-state index is 0.200. The molecule has 7 heteroatoms. The molecule has 0 saturated carbocycles. The van der Waals surface area contributed by atoms with Crippen molar-refractivity contribution in [1.82, 2.24) is 10.9 Å². The lowest BCUT2D eigenvalue weighted by molar-refractivity contribution is -0.123. The van der Waals surface area contributed by atoms with Gasteiger partial charge in [-0.2, -0.15) is 0 Å². The molecule has 0 aliphatic heterocycles. The Labute approximate surface area is 119 Å². The van der Waals surface area contributed by atoms with E-state index in [0.29, 0.717) is 16.3 Å². The summed E-state index contributed by atoms with van der Waals surface area (Å²) in [5.41, 5.74) is 10.7. The monoisotopic (exact) mass is 291 g/mol. The summed E-state index contributed by atoms with van der Waals surface area (Å²) in [7, 11) is 0. The van der Waals surface area contributed by atoms with Crippen LogP contribution in [0.4, 0.5) is 5.69 Å². The number of amides is 2. The molecule has 1 heterocycles. The highest BCUT2D eigenvalue weighted by molar-refractivity contribution is 7.12. The lowest BCUT2D eigenvalue weighted by Crippen LogP contribution is -2.43. The first-order valence-electron chi connectivity index (χ1n) is 5.76. The van der Waals surface area contributed by atoms with Crippen molar-refractivity contribution in [3.05, 3.63) is 46.7 Å². The summed E-state index contributed by atoms with van der Waals surface area (Å²) < 4.78 is 5.23. The predicted octanol–water partition coefficient (Wildman–Crippen LogP) is 1.17. The Bertz CT molecular complexity index is 581. The fourth-order valence-electron chi connectivity index (χ4n) is 1.34. The Morgan fingerprint density at radius 2 is 1.90 bits per heavy atom. The number of hydrogen-bond donors (Lipinski definition) is 3. The van der Waals surface area contributed by atoms with Crippen LogP contribution in [0.15, 0.2) is 41.8 Å². The first kappa shape index (κ1) is 13.9. The molecular formula is C13H13N3O3S. The van der Waals surface area contributed by atoms with Crippen molar-refractivity contribution in [1.29, 1.82) is 0 Å². The molecule has 6 nitrogen and oxygen atoms in total. The molecule has 0 atom stereocenters. The van der Waals surface area contributed by atoms with Gasteiger partial charge >= 0.3 is 0 Å². The summed E-state index contributed by atoms with van der Waals surface area (Å²) in [6.45, 7) is -0.200. The molecule has 2 amide bonds. The van der Waals surface area contributed by atoms with Crippen molar-refractivity contribution in [3.63, 3.8) is 0 Å². The molecule has 0 spiro atoms. The highest BCUT2D eigenvalue weighted by Crippen LogP contribution is 2.12. The second-order valence-corrected chi connectivity index (χ2v) is 4.79. The predicted molar refractivity (Wildman–Crippen MR) is 76.3 cm³/mol. The van der Waals surface area contributed by atoms with Crippen LogP contribution in [-0.2, 0) is 4.79 Å². The lowest BCUT2D eigenvalue weighted by atomic mass is 10.3. The van der Waals surface area contributed by atoms with E-state index in [2.05, 4.69) is 10.9 Å². The molecule has 20 heavy (non-hydrogen) atoms. The number of benzene rings is 1. The fourth-order valence-corrected chi connectivity index (χ4v) is 1.96. The second kappa shape index (κ2) is 6.58. The third-order valence-corrected chi connectivity index (χ3v) is 3.18. The van der Waals surface area contributed by atoms with E-state index in [-0.39, 0.29) is 12.5 Å². The van der Waals surface area contributed by atoms with Gasteiger partial charge in [-0.3, -0.25) is 20.4 Å². The SMILES string of the molecule is Nc1ccc(OCC(=O)NNC(=O)c2cccs2)cc1. The van der Waals surface area contributed by atoms with E-state index in [9.17, 15) is 9.59 Å². The van der Waals surface area contributed by atoms with Gasteiger partial charge in [-0.05, 0) is 35.7 Å². The molecule has 104 valence electrons. The molecule has 0 radical (unpaired) electrons. The number of carbonyl (C=O) groups excluding carboxylic acids is 2. The summed E-state index contributed by atoms with van der Waals surface area (Å²) in [6, 6.07) is 10.1. The molecule has 0 aliphatic carbocycles. The number of hydrogen-bond acceptors (Lipinski definition) is 5. The van der Waals surface area contributed by atoms with Gasteiger partial charge in [0.15, 0.2) is 6.61 Å². The molecule has 2 rings (SSSR count). The van der Waals surface area contributed by atoms with Crippen molar-refractivity contribution in [2.75, 3.05) is 12.3 Å². The second-order valence-electron chi connectivity index (χ2n) is 3.84. The van der Waals surface area contributed by atoms with Gasteiger partial charge in [0.25, 0.3) is 11.8 Å². The number of nitrogen functional groups attached to an aromatic ring is 1. The van der Waals surface area contributed by atoms with E-state index < -0.39 is 5.91 Å². The van der Waals surface area contributed by atoms with Gasteiger partial charge in [-0.25, -0.2) is 0 Å². The van der Waals surface area contributed by atoms with E-state index >= 15 is 0 Å². The number of thiophene rings is 1. The van der Waals surface area contributed by atoms with E-state index in [0.717, 1.165) is 0 Å². The van der Waals surface area contributed by atoms with Crippen molar-refractivity contribution >= 4 is 28.8 Å². The Kier molecular flexibility index (Phi) is 4.56. The highest BCUT2D eigenvalue weighted by atomic mass is 32.1. The number of ether oxygens (including phenoxy) is 1. The summed E-state index contributed by atoms with van der Waals surface area (Å²) in [4.78, 5) is 23.6. The van der Waals surface area contributed by atoms with Gasteiger partial charge in [0.2, 0.25) is 0 Å². The summed E-state index contributed by atoms with van der Waals surface area (Å²) >= 11 is 1.29. The number of nitrogens with one attached hydrogen (secondary N) is 2. The number of nitrogens with two attached hydrogens (primary N) is 1. The topological polar surface area (TPSA) is 93.4 Å². The van der Waals surface area contributed by atoms with Crippen LogP contribution in [-0.4, -0.2) is 18.4 Å². The van der Waals surface area contributed by atoms with Crippen molar-refractivity contribution in [2.45, 2.75) is 0 Å². The van der Waals surface area contributed by atoms with Crippen molar-refractivity contribution in [2.24, 2.45) is 0 Å². The third-order valence-electron chi connectivity index (χ3n) is 2.31. The molecule has 0 fully saturated rings. The minimum Gasteiger partial charge on any atom is -0.484 e. The van der Waals surface area contributed by atoms with E-state index in [4.69, 9.17) is 10.5 Å². The average Bonchev–Trinajstić information content (AvgIpc) is 2.98. The quantitative estimate of drug-likeness (QED) is 0.582. The Morgan fingerprint density at radius 3 is 2.55 bits per heavy atom. The Hall–Kier alpha value is -2.54. The molecule has 1 aromatic heterocycles. The summed E-state index contributed by atoms with van der Waals surface area (Å²) in [5, 5.41) is 1.78. The van der Waals surface area contributed by atoms with Crippen molar-refractivity contribution < 1.29 is 14.3 Å². The molecule has 2 aromatic rings. The van der Waals surface area contributed by atoms with Gasteiger partial charge in [0, 0.05) is 5.69 Å². The maximum atomic E-state index is 11.6. The zero-order valence-corrected chi connectivity index (χ0v) is 11.3. The zero-order valence-electron chi connectivity index (χ0n) is 10.5. The Balaban J connectivity index is 1.73. The maximum Gasteiger partial charge on any atom is 0.279 e. The molecule has 0 aliphatic rings. The fraction of sp³-hybridized carbons (Fsp3) is 0.0769. The van der Waals surface area contributed by atoms with E-state index in [1.54, 1.807) is 41.8 Å². The number of hydrazine groups is 1. The van der Waals surface area contributed by atoms with Crippen LogP contribution in [0.25, 0.3) is 0 Å². The van der Waals surface area contributed by atoms with Gasteiger partial charge in [-0.1, -0.05) is 6.07 Å². The first-order valence-corrected chi connectivity index (χ1v) is 6.64. The van der Waals surface area contributed by atoms with Crippen LogP contribution >= 0.6 is 11.3 Å². The highest BCUT2D eigenvalue weighted by Gasteiger charge is 2.08. The largest absolute Gasteiger partial charge is 0.484 e. The van der Waals surface area contributed by atoms with Crippen LogP contribution in [0.5, 0.6) is 5.75 Å². The summed E-state index contributed by atoms with van der Waals surface area (Å²) in [5.74, 6) is -0.286. The van der Waals surface area contributed by atoms with Gasteiger partial charge in [-0.15, -0.1) is 11.3 Å². The molecule has 0 saturated heterocycles. The standard InChI is InChI=1S/C13H13N3O3S/c14-9-3-5-10(6-4-9)19-8-12(17)15-16-13(18)11-2-1-7-20-11/h1-7H,8,14H2,(H,15,17)(H,16,18). The van der Waals surface area contributed by atoms with Gasteiger partial charge < -0.3 is 10.5 Å². The molecular weight excluding hydrogens is 278 g/mol. The lowest BCUT2D eigenvalue weighted by Gasteiger charge is -2.08. The number of rotatable bonds is 4. The smallest absolute Gasteiger partial charge is 0.279 e. The molecule has 4 N–H and O–H groups in total. The van der Waals surface area contributed by atoms with E-state index in [1.165, 1.54) is 11.3 Å². The molecule has 0 bridgehead atoms. The Morgan fingerprint density at radius 1 is 1.15 bits per heavy atom. The number of carbonyl (C=O) groups is 2. The van der Waals surface area contributed by atoms with Crippen LogP contribution in [0, 0.1) is 0 Å². The van der Waals surface area contributed by atoms with Crippen LogP contribution in [0.1, 0.15) is 9.67 Å². The van der Waals surface area contributed by atoms with Crippen molar-refractivity contribution in [3.8, 4) is 5.75 Å². The molecule has 0 unspecified atom stereocenters. The van der Waals surface area contributed by atoms with E-state index in [1.807, 2.05) is 0 Å². The first-order chi connectivity index (χ1) is 9.65. The number of anilines is 1. The average molecular weight is 291 g/mol. The van der Waals surface area contributed by atoms with Crippen LogP contribution in [0.3, 0.4) is 0 Å². The summed E-state index contributed by atoms with van der Waals surface area (Å²) in [6.07, 6.45) is 0. The normalized spacial score (nSPS) is 9.80.